The van der Waals surface area contributed by atoms with Gasteiger partial charge in [-0.2, -0.15) is 0 Å². The summed E-state index contributed by atoms with van der Waals surface area (Å²) in [6.07, 6.45) is -3.03. The van der Waals surface area contributed by atoms with Gasteiger partial charge in [-0.05, 0) is 28.7 Å². The van der Waals surface area contributed by atoms with E-state index in [4.69, 9.17) is 5.14 Å². The molecular formula is C7H7F2IN2O3S. The number of methoxy groups -OCH3 is 1. The van der Waals surface area contributed by atoms with Crippen molar-refractivity contribution in [2.24, 2.45) is 5.14 Å². The number of nitrogens with two attached hydrogens (primary N) is 1. The van der Waals surface area contributed by atoms with Crippen LogP contribution < -0.4 is 9.88 Å². The summed E-state index contributed by atoms with van der Waals surface area (Å²) in [6, 6.07) is 0.972. The van der Waals surface area contributed by atoms with Crippen molar-refractivity contribution in [3.8, 4) is 5.88 Å². The van der Waals surface area contributed by atoms with Gasteiger partial charge in [-0.15, -0.1) is 0 Å². The first-order valence-corrected chi connectivity index (χ1v) is 6.45. The minimum absolute atomic E-state index is 0.197. The third kappa shape index (κ3) is 2.77. The second-order valence-corrected chi connectivity index (χ2v) is 5.35. The molecule has 1 aromatic heterocycles. The van der Waals surface area contributed by atoms with Gasteiger partial charge in [0.15, 0.2) is 0 Å². The topological polar surface area (TPSA) is 82.3 Å². The Hall–Kier alpha value is -0.550. The van der Waals surface area contributed by atoms with Crippen LogP contribution in [0, 0.1) is 3.70 Å². The normalized spacial score (nSPS) is 11.9. The fraction of sp³-hybridized carbons (Fsp3) is 0.286. The molecule has 9 heteroatoms. The van der Waals surface area contributed by atoms with Gasteiger partial charge < -0.3 is 4.74 Å². The summed E-state index contributed by atoms with van der Waals surface area (Å²) in [4.78, 5) is 2.98. The molecule has 0 atom stereocenters. The van der Waals surface area contributed by atoms with Crippen LogP contribution in [-0.2, 0) is 10.0 Å². The lowest BCUT2D eigenvalue weighted by Gasteiger charge is -2.11. The maximum Gasteiger partial charge on any atom is 0.270 e. The Balaban J connectivity index is 3.64. The van der Waals surface area contributed by atoms with Gasteiger partial charge in [0.05, 0.1) is 17.6 Å². The van der Waals surface area contributed by atoms with Crippen LogP contribution >= 0.6 is 22.6 Å². The molecule has 0 aliphatic heterocycles. The standard InChI is InChI=1S/C7H7F2IN2O3S/c1-15-7-5(6(8)9)3(16(11,13)14)2-4(10)12-7/h2,6H,1H3,(H2,11,13,14). The number of aromatic nitrogens is 1. The number of pyridine rings is 1. The molecule has 1 rings (SSSR count). The minimum Gasteiger partial charge on any atom is -0.481 e. The molecule has 1 aromatic rings. The lowest BCUT2D eigenvalue weighted by atomic mass is 10.3. The van der Waals surface area contributed by atoms with E-state index in [1.807, 2.05) is 0 Å². The van der Waals surface area contributed by atoms with Gasteiger partial charge in [-0.25, -0.2) is 27.3 Å². The van der Waals surface area contributed by atoms with Crippen LogP contribution in [0.4, 0.5) is 8.78 Å². The van der Waals surface area contributed by atoms with Gasteiger partial charge in [-0.1, -0.05) is 0 Å². The second kappa shape index (κ2) is 4.75. The predicted molar refractivity (Wildman–Crippen MR) is 59.8 cm³/mol. The van der Waals surface area contributed by atoms with E-state index >= 15 is 0 Å². The number of alkyl halides is 2. The second-order valence-electron chi connectivity index (χ2n) is 2.71. The molecule has 0 saturated heterocycles. The Kier molecular flexibility index (Phi) is 4.02. The van der Waals surface area contributed by atoms with E-state index in [-0.39, 0.29) is 3.70 Å². The van der Waals surface area contributed by atoms with Crippen molar-refractivity contribution < 1.29 is 21.9 Å². The average molecular weight is 364 g/mol. The van der Waals surface area contributed by atoms with Crippen molar-refractivity contribution in [2.45, 2.75) is 11.3 Å². The van der Waals surface area contributed by atoms with Crippen LogP contribution in [0.3, 0.4) is 0 Å². The van der Waals surface area contributed by atoms with Crippen LogP contribution in [0.5, 0.6) is 5.88 Å². The number of primary sulfonamides is 1. The molecular weight excluding hydrogens is 357 g/mol. The number of hydrogen-bond donors (Lipinski definition) is 1. The van der Waals surface area contributed by atoms with Gasteiger partial charge in [0.25, 0.3) is 6.43 Å². The van der Waals surface area contributed by atoms with Gasteiger partial charge >= 0.3 is 0 Å². The van der Waals surface area contributed by atoms with E-state index in [1.54, 1.807) is 22.6 Å². The molecule has 90 valence electrons. The Bertz CT molecular complexity index is 507. The van der Waals surface area contributed by atoms with Gasteiger partial charge in [0.2, 0.25) is 15.9 Å². The fourth-order valence-electron chi connectivity index (χ4n) is 1.07. The first kappa shape index (κ1) is 13.5. The molecule has 0 spiro atoms. The lowest BCUT2D eigenvalue weighted by molar-refractivity contribution is 0.142. The Morgan fingerprint density at radius 2 is 2.12 bits per heavy atom. The van der Waals surface area contributed by atoms with Crippen LogP contribution in [0.15, 0.2) is 11.0 Å². The molecule has 0 aliphatic carbocycles. The van der Waals surface area contributed by atoms with E-state index in [0.29, 0.717) is 0 Å². The van der Waals surface area contributed by atoms with Crippen LogP contribution in [0.2, 0.25) is 0 Å². The van der Waals surface area contributed by atoms with Crippen LogP contribution in [-0.4, -0.2) is 20.5 Å². The molecule has 5 nitrogen and oxygen atoms in total. The quantitative estimate of drug-likeness (QED) is 0.647. The highest BCUT2D eigenvalue weighted by Gasteiger charge is 2.27. The van der Waals surface area contributed by atoms with Gasteiger partial charge in [0.1, 0.15) is 3.70 Å². The monoisotopic (exact) mass is 364 g/mol. The molecule has 0 unspecified atom stereocenters. The van der Waals surface area contributed by atoms with Crippen molar-refractivity contribution in [1.29, 1.82) is 0 Å². The largest absolute Gasteiger partial charge is 0.481 e. The van der Waals surface area contributed by atoms with Crippen molar-refractivity contribution in [1.82, 2.24) is 4.98 Å². The van der Waals surface area contributed by atoms with E-state index in [9.17, 15) is 17.2 Å². The number of hydrogen-bond acceptors (Lipinski definition) is 4. The van der Waals surface area contributed by atoms with Crippen LogP contribution in [0.25, 0.3) is 0 Å². The number of ether oxygens (including phenoxy) is 1. The summed E-state index contributed by atoms with van der Waals surface area (Å²) in [6.45, 7) is 0. The number of sulfonamides is 1. The third-order valence-corrected chi connectivity index (χ3v) is 3.18. The molecule has 2 N–H and O–H groups in total. The van der Waals surface area contributed by atoms with E-state index in [1.165, 1.54) is 0 Å². The molecule has 0 fully saturated rings. The minimum atomic E-state index is -4.24. The average Bonchev–Trinajstić information content (AvgIpc) is 2.14. The summed E-state index contributed by atoms with van der Waals surface area (Å²) in [5.41, 5.74) is -0.814. The van der Waals surface area contributed by atoms with E-state index in [0.717, 1.165) is 13.2 Å². The summed E-state index contributed by atoms with van der Waals surface area (Å²) >= 11 is 1.68. The molecule has 0 saturated carbocycles. The Labute approximate surface area is 104 Å². The molecule has 0 amide bonds. The summed E-state index contributed by atoms with van der Waals surface area (Å²) in [7, 11) is -3.12. The third-order valence-electron chi connectivity index (χ3n) is 1.67. The van der Waals surface area contributed by atoms with Crippen molar-refractivity contribution >= 4 is 32.6 Å². The predicted octanol–water partition coefficient (Wildman–Crippen LogP) is 1.28. The maximum absolute atomic E-state index is 12.7. The number of halogens is 3. The van der Waals surface area contributed by atoms with Crippen LogP contribution in [0.1, 0.15) is 12.0 Å². The number of nitrogens with zero attached hydrogens (tertiary/aromatic N) is 1. The molecule has 0 aromatic carbocycles. The summed E-state index contributed by atoms with van der Waals surface area (Å²) in [5.74, 6) is -0.439. The zero-order chi connectivity index (χ0) is 12.5. The zero-order valence-electron chi connectivity index (χ0n) is 7.95. The molecule has 1 heterocycles. The van der Waals surface area contributed by atoms with E-state index in [2.05, 4.69) is 9.72 Å². The van der Waals surface area contributed by atoms with Gasteiger partial charge in [0, 0.05) is 0 Å². The summed E-state index contributed by atoms with van der Waals surface area (Å²) in [5, 5.41) is 4.84. The highest BCUT2D eigenvalue weighted by atomic mass is 127. The SMILES string of the molecule is COc1nc(I)cc(S(N)(=O)=O)c1C(F)F. The smallest absolute Gasteiger partial charge is 0.270 e. The Morgan fingerprint density at radius 3 is 2.50 bits per heavy atom. The first-order chi connectivity index (χ1) is 7.27. The van der Waals surface area contributed by atoms with Crippen molar-refractivity contribution in [3.05, 3.63) is 15.3 Å². The summed E-state index contributed by atoms with van der Waals surface area (Å²) < 4.78 is 52.5. The zero-order valence-corrected chi connectivity index (χ0v) is 10.9. The fourth-order valence-corrected chi connectivity index (χ4v) is 2.57. The van der Waals surface area contributed by atoms with Crippen molar-refractivity contribution in [2.75, 3.05) is 7.11 Å². The van der Waals surface area contributed by atoms with Crippen molar-refractivity contribution in [3.63, 3.8) is 0 Å². The van der Waals surface area contributed by atoms with E-state index < -0.39 is 32.8 Å². The highest BCUT2D eigenvalue weighted by molar-refractivity contribution is 14.1. The molecule has 0 bridgehead atoms. The highest BCUT2D eigenvalue weighted by Crippen LogP contribution is 2.33. The maximum atomic E-state index is 12.7. The molecule has 16 heavy (non-hydrogen) atoms. The van der Waals surface area contributed by atoms with Gasteiger partial charge in [-0.3, -0.25) is 0 Å². The Morgan fingerprint density at radius 1 is 1.56 bits per heavy atom. The lowest BCUT2D eigenvalue weighted by Crippen LogP contribution is -2.16. The molecule has 0 radical (unpaired) electrons. The number of rotatable bonds is 3. The first-order valence-electron chi connectivity index (χ1n) is 3.82. The molecule has 0 aliphatic rings.